The molecule has 20 heavy (non-hydrogen) atoms. The zero-order valence-electron chi connectivity index (χ0n) is 11.5. The Kier molecular flexibility index (Phi) is 2.67. The van der Waals surface area contributed by atoms with Crippen LogP contribution in [0.3, 0.4) is 0 Å². The lowest BCUT2D eigenvalue weighted by atomic mass is 9.97. The van der Waals surface area contributed by atoms with E-state index in [-0.39, 0.29) is 0 Å². The van der Waals surface area contributed by atoms with Crippen LogP contribution in [-0.2, 0) is 0 Å². The van der Waals surface area contributed by atoms with E-state index < -0.39 is 0 Å². The number of hydrogen-bond acceptors (Lipinski definition) is 4. The highest BCUT2D eigenvalue weighted by atomic mass is 15.3. The van der Waals surface area contributed by atoms with Gasteiger partial charge in [0.25, 0.3) is 0 Å². The summed E-state index contributed by atoms with van der Waals surface area (Å²) in [4.78, 5) is 4.63. The third kappa shape index (κ3) is 1.70. The summed E-state index contributed by atoms with van der Waals surface area (Å²) < 4.78 is 2.20. The number of aromatic nitrogens is 4. The Bertz CT molecular complexity index is 770. The predicted octanol–water partition coefficient (Wildman–Crippen LogP) is 2.05. The van der Waals surface area contributed by atoms with Crippen LogP contribution in [0.2, 0.25) is 0 Å². The Morgan fingerprint density at radius 2 is 1.95 bits per heavy atom. The predicted molar refractivity (Wildman–Crippen MR) is 77.9 cm³/mol. The average molecular weight is 267 g/mol. The Labute approximate surface area is 117 Å². The minimum absolute atomic E-state index is 0.483. The molecule has 1 saturated heterocycles. The number of rotatable bonds is 1. The smallest absolute Gasteiger partial charge is 0.182 e. The van der Waals surface area contributed by atoms with Crippen LogP contribution in [0.5, 0.6) is 0 Å². The molecule has 0 radical (unpaired) electrons. The van der Waals surface area contributed by atoms with Crippen molar-refractivity contribution < 1.29 is 0 Å². The molecule has 5 heteroatoms. The minimum Gasteiger partial charge on any atom is -0.317 e. The molecule has 0 amide bonds. The number of nitrogens with zero attached hydrogens (tertiary/aromatic N) is 4. The van der Waals surface area contributed by atoms with Gasteiger partial charge in [-0.3, -0.25) is 4.40 Å². The fraction of sp³-hybridized carbons (Fsp3) is 0.400. The standard InChI is InChI=1S/C15H17N5/c1-10-14-18-19-15(11-6-8-16-9-7-11)20(14)13-5-3-2-4-12(13)17-10/h2-5,11,16H,6-9H2,1H3. The van der Waals surface area contributed by atoms with Gasteiger partial charge in [0.2, 0.25) is 0 Å². The van der Waals surface area contributed by atoms with E-state index in [9.17, 15) is 0 Å². The Hall–Kier alpha value is -2.01. The lowest BCUT2D eigenvalue weighted by Crippen LogP contribution is -2.27. The number of para-hydroxylation sites is 2. The van der Waals surface area contributed by atoms with Crippen molar-refractivity contribution in [1.29, 1.82) is 0 Å². The second-order valence-corrected chi connectivity index (χ2v) is 5.43. The summed E-state index contributed by atoms with van der Waals surface area (Å²) >= 11 is 0. The summed E-state index contributed by atoms with van der Waals surface area (Å²) in [5, 5.41) is 12.3. The zero-order chi connectivity index (χ0) is 13.5. The Morgan fingerprint density at radius 1 is 1.15 bits per heavy atom. The average Bonchev–Trinajstić information content (AvgIpc) is 2.94. The van der Waals surface area contributed by atoms with E-state index in [1.165, 1.54) is 0 Å². The van der Waals surface area contributed by atoms with Gasteiger partial charge < -0.3 is 5.32 Å². The van der Waals surface area contributed by atoms with Crippen molar-refractivity contribution in [3.05, 3.63) is 35.8 Å². The lowest BCUT2D eigenvalue weighted by Gasteiger charge is -2.21. The molecule has 1 aromatic carbocycles. The van der Waals surface area contributed by atoms with Gasteiger partial charge in [-0.1, -0.05) is 12.1 Å². The van der Waals surface area contributed by atoms with Gasteiger partial charge in [0.1, 0.15) is 5.82 Å². The van der Waals surface area contributed by atoms with Crippen molar-refractivity contribution in [3.8, 4) is 0 Å². The number of hydrogen-bond donors (Lipinski definition) is 1. The molecule has 0 bridgehead atoms. The molecule has 1 fully saturated rings. The monoisotopic (exact) mass is 267 g/mol. The van der Waals surface area contributed by atoms with Crippen molar-refractivity contribution in [1.82, 2.24) is 24.9 Å². The molecule has 0 saturated carbocycles. The van der Waals surface area contributed by atoms with Crippen LogP contribution in [0.1, 0.15) is 30.3 Å². The molecule has 3 aromatic rings. The van der Waals surface area contributed by atoms with Gasteiger partial charge in [0, 0.05) is 5.92 Å². The summed E-state index contributed by atoms with van der Waals surface area (Å²) in [6, 6.07) is 8.22. The molecule has 3 heterocycles. The summed E-state index contributed by atoms with van der Waals surface area (Å²) in [7, 11) is 0. The van der Waals surface area contributed by atoms with Gasteiger partial charge in [-0.05, 0) is 45.0 Å². The van der Waals surface area contributed by atoms with Gasteiger partial charge in [-0.2, -0.15) is 0 Å². The van der Waals surface area contributed by atoms with Crippen molar-refractivity contribution in [2.24, 2.45) is 0 Å². The maximum Gasteiger partial charge on any atom is 0.182 e. The number of nitrogens with one attached hydrogen (secondary N) is 1. The summed E-state index contributed by atoms with van der Waals surface area (Å²) in [5.41, 5.74) is 3.94. The molecule has 5 nitrogen and oxygen atoms in total. The van der Waals surface area contributed by atoms with E-state index >= 15 is 0 Å². The molecule has 2 aromatic heterocycles. The number of fused-ring (bicyclic) bond motifs is 3. The highest BCUT2D eigenvalue weighted by molar-refractivity contribution is 5.78. The second kappa shape index (κ2) is 4.52. The molecule has 1 aliphatic rings. The van der Waals surface area contributed by atoms with E-state index in [0.29, 0.717) is 5.92 Å². The zero-order valence-corrected chi connectivity index (χ0v) is 11.5. The van der Waals surface area contributed by atoms with Crippen LogP contribution in [0, 0.1) is 6.92 Å². The second-order valence-electron chi connectivity index (χ2n) is 5.43. The van der Waals surface area contributed by atoms with Crippen LogP contribution in [0.4, 0.5) is 0 Å². The van der Waals surface area contributed by atoms with Crippen molar-refractivity contribution >= 4 is 16.7 Å². The molecule has 1 N–H and O–H groups in total. The highest BCUT2D eigenvalue weighted by Gasteiger charge is 2.22. The van der Waals surface area contributed by atoms with Gasteiger partial charge in [0.15, 0.2) is 5.65 Å². The maximum absolute atomic E-state index is 4.63. The van der Waals surface area contributed by atoms with Crippen molar-refractivity contribution in [3.63, 3.8) is 0 Å². The first kappa shape index (κ1) is 11.8. The molecule has 0 unspecified atom stereocenters. The normalized spacial score (nSPS) is 17.1. The topological polar surface area (TPSA) is 55.1 Å². The molecule has 1 aliphatic heterocycles. The third-order valence-electron chi connectivity index (χ3n) is 4.13. The molecule has 4 rings (SSSR count). The summed E-state index contributed by atoms with van der Waals surface area (Å²) in [6.07, 6.45) is 2.24. The number of piperidine rings is 1. The van der Waals surface area contributed by atoms with E-state index in [4.69, 9.17) is 0 Å². The van der Waals surface area contributed by atoms with Gasteiger partial charge in [0.05, 0.1) is 16.7 Å². The Balaban J connectivity index is 2.02. The van der Waals surface area contributed by atoms with Gasteiger partial charge in [-0.25, -0.2) is 4.98 Å². The lowest BCUT2D eigenvalue weighted by molar-refractivity contribution is 0.443. The van der Waals surface area contributed by atoms with Crippen molar-refractivity contribution in [2.75, 3.05) is 13.1 Å². The molecule has 0 spiro atoms. The first-order valence-corrected chi connectivity index (χ1v) is 7.15. The highest BCUT2D eigenvalue weighted by Crippen LogP contribution is 2.27. The van der Waals surface area contributed by atoms with Crippen LogP contribution < -0.4 is 5.32 Å². The van der Waals surface area contributed by atoms with Crippen LogP contribution in [0.15, 0.2) is 24.3 Å². The fourth-order valence-corrected chi connectivity index (χ4v) is 3.09. The van der Waals surface area contributed by atoms with Crippen LogP contribution in [-0.4, -0.2) is 32.7 Å². The largest absolute Gasteiger partial charge is 0.317 e. The first-order chi connectivity index (χ1) is 9.84. The Morgan fingerprint density at radius 3 is 2.80 bits per heavy atom. The third-order valence-corrected chi connectivity index (χ3v) is 4.13. The van der Waals surface area contributed by atoms with Crippen LogP contribution >= 0.6 is 0 Å². The molecule has 102 valence electrons. The minimum atomic E-state index is 0.483. The number of aryl methyl sites for hydroxylation is 1. The van der Waals surface area contributed by atoms with E-state index in [1.54, 1.807) is 0 Å². The van der Waals surface area contributed by atoms with Crippen molar-refractivity contribution in [2.45, 2.75) is 25.7 Å². The molecule has 0 aliphatic carbocycles. The quantitative estimate of drug-likeness (QED) is 0.733. The van der Waals surface area contributed by atoms with E-state index in [0.717, 1.165) is 54.1 Å². The van der Waals surface area contributed by atoms with Crippen LogP contribution in [0.25, 0.3) is 16.7 Å². The van der Waals surface area contributed by atoms with Gasteiger partial charge >= 0.3 is 0 Å². The maximum atomic E-state index is 4.63. The van der Waals surface area contributed by atoms with E-state index in [1.807, 2.05) is 25.1 Å². The SMILES string of the molecule is Cc1nc2ccccc2n2c(C3CCNCC3)nnc12. The number of benzene rings is 1. The molecular formula is C15H17N5. The first-order valence-electron chi connectivity index (χ1n) is 7.15. The fourth-order valence-electron chi connectivity index (χ4n) is 3.09. The van der Waals surface area contributed by atoms with Gasteiger partial charge in [-0.15, -0.1) is 10.2 Å². The molecule has 0 atom stereocenters. The molecular weight excluding hydrogens is 250 g/mol. The summed E-state index contributed by atoms with van der Waals surface area (Å²) in [5.74, 6) is 1.57. The summed E-state index contributed by atoms with van der Waals surface area (Å²) in [6.45, 7) is 4.12. The van der Waals surface area contributed by atoms with E-state index in [2.05, 4.69) is 31.0 Å².